The predicted octanol–water partition coefficient (Wildman–Crippen LogP) is 1.93. The van der Waals surface area contributed by atoms with Gasteiger partial charge in [-0.2, -0.15) is 4.98 Å². The van der Waals surface area contributed by atoms with Gasteiger partial charge in [0.1, 0.15) is 5.82 Å². The van der Waals surface area contributed by atoms with Crippen LogP contribution in [0.1, 0.15) is 31.6 Å². The van der Waals surface area contributed by atoms with Crippen LogP contribution in [-0.2, 0) is 4.79 Å². The Morgan fingerprint density at radius 1 is 1.52 bits per heavy atom. The van der Waals surface area contributed by atoms with E-state index in [0.717, 1.165) is 19.4 Å². The molecule has 1 aliphatic rings. The predicted molar refractivity (Wildman–Crippen MR) is 81.9 cm³/mol. The summed E-state index contributed by atoms with van der Waals surface area (Å²) in [4.78, 5) is 17.8. The number of nitrogens with two attached hydrogens (primary N) is 1. The molecule has 1 aliphatic heterocycles. The second-order valence-corrected chi connectivity index (χ2v) is 5.88. The van der Waals surface area contributed by atoms with Gasteiger partial charge in [-0.15, -0.1) is 0 Å². The molecular weight excluding hydrogens is 299 g/mol. The number of carbonyl (C=O) groups excluding carboxylic acids is 1. The van der Waals surface area contributed by atoms with E-state index in [2.05, 4.69) is 10.1 Å². The highest BCUT2D eigenvalue weighted by Gasteiger charge is 2.30. The van der Waals surface area contributed by atoms with Gasteiger partial charge in [0.2, 0.25) is 17.6 Å². The first-order valence-electron chi connectivity index (χ1n) is 7.67. The zero-order valence-electron chi connectivity index (χ0n) is 12.9. The molecule has 0 aliphatic carbocycles. The molecule has 3 rings (SSSR count). The normalized spacial score (nSPS) is 20.3. The second-order valence-electron chi connectivity index (χ2n) is 5.88. The molecule has 0 bridgehead atoms. The fourth-order valence-electron chi connectivity index (χ4n) is 2.89. The molecule has 2 N–H and O–H groups in total. The van der Waals surface area contributed by atoms with Crippen LogP contribution in [0.25, 0.3) is 11.4 Å². The average Bonchev–Trinajstić information content (AvgIpc) is 3.04. The fourth-order valence-corrected chi connectivity index (χ4v) is 2.89. The van der Waals surface area contributed by atoms with Gasteiger partial charge in [-0.25, -0.2) is 4.39 Å². The Hall–Kier alpha value is -2.28. The second kappa shape index (κ2) is 6.45. The largest absolute Gasteiger partial charge is 0.368 e. The van der Waals surface area contributed by atoms with E-state index in [0.29, 0.717) is 23.8 Å². The number of hydrogen-bond acceptors (Lipinski definition) is 5. The number of amides is 1. The van der Waals surface area contributed by atoms with Gasteiger partial charge in [0.15, 0.2) is 0 Å². The van der Waals surface area contributed by atoms with Crippen molar-refractivity contribution in [3.05, 3.63) is 36.0 Å². The van der Waals surface area contributed by atoms with Crippen LogP contribution >= 0.6 is 0 Å². The number of primary amides is 1. The number of piperidine rings is 1. The van der Waals surface area contributed by atoms with Crippen LogP contribution in [0.15, 0.2) is 28.8 Å². The Balaban J connectivity index is 1.76. The summed E-state index contributed by atoms with van der Waals surface area (Å²) in [6.45, 7) is 3.27. The summed E-state index contributed by atoms with van der Waals surface area (Å²) < 4.78 is 18.7. The van der Waals surface area contributed by atoms with Crippen LogP contribution < -0.4 is 5.73 Å². The Bertz CT molecular complexity index is 703. The van der Waals surface area contributed by atoms with Gasteiger partial charge in [0.25, 0.3) is 0 Å². The van der Waals surface area contributed by atoms with Crippen molar-refractivity contribution in [3.8, 4) is 11.4 Å². The number of halogens is 1. The maximum absolute atomic E-state index is 13.3. The molecule has 6 nitrogen and oxygen atoms in total. The highest BCUT2D eigenvalue weighted by Crippen LogP contribution is 2.28. The summed E-state index contributed by atoms with van der Waals surface area (Å²) in [7, 11) is 0. The van der Waals surface area contributed by atoms with Crippen LogP contribution in [-0.4, -0.2) is 40.1 Å². The first-order chi connectivity index (χ1) is 11.0. The van der Waals surface area contributed by atoms with E-state index < -0.39 is 0 Å². The van der Waals surface area contributed by atoms with Gasteiger partial charge >= 0.3 is 0 Å². The van der Waals surface area contributed by atoms with Crippen molar-refractivity contribution in [2.75, 3.05) is 13.1 Å². The fraction of sp³-hybridized carbons (Fsp3) is 0.438. The van der Waals surface area contributed by atoms with Gasteiger partial charge in [0.05, 0.1) is 12.0 Å². The molecule has 2 aromatic rings. The van der Waals surface area contributed by atoms with Crippen LogP contribution in [0.3, 0.4) is 0 Å². The van der Waals surface area contributed by atoms with Gasteiger partial charge < -0.3 is 10.3 Å². The van der Waals surface area contributed by atoms with Gasteiger partial charge in [-0.3, -0.25) is 9.69 Å². The summed E-state index contributed by atoms with van der Waals surface area (Å²) in [5.74, 6) is 0.273. The average molecular weight is 318 g/mol. The quantitative estimate of drug-likeness (QED) is 0.931. The molecule has 2 heterocycles. The number of nitrogens with zero attached hydrogens (tertiary/aromatic N) is 3. The molecule has 122 valence electrons. The lowest BCUT2D eigenvalue weighted by molar-refractivity contribution is -0.123. The van der Waals surface area contributed by atoms with Crippen molar-refractivity contribution >= 4 is 5.91 Å². The van der Waals surface area contributed by atoms with E-state index in [1.54, 1.807) is 19.1 Å². The SMILES string of the molecule is CC(C(N)=O)N1CCCC(c2nc(-c3cccc(F)c3)no2)C1. The maximum Gasteiger partial charge on any atom is 0.234 e. The summed E-state index contributed by atoms with van der Waals surface area (Å²) in [6.07, 6.45) is 1.84. The molecular formula is C16H19FN4O2. The summed E-state index contributed by atoms with van der Waals surface area (Å²) >= 11 is 0. The van der Waals surface area contributed by atoms with Gasteiger partial charge in [-0.05, 0) is 38.4 Å². The molecule has 1 fully saturated rings. The number of hydrogen-bond donors (Lipinski definition) is 1. The van der Waals surface area contributed by atoms with E-state index in [1.807, 2.05) is 4.90 Å². The minimum Gasteiger partial charge on any atom is -0.368 e. The number of aromatic nitrogens is 2. The number of likely N-dealkylation sites (tertiary alicyclic amines) is 1. The van der Waals surface area contributed by atoms with Crippen molar-refractivity contribution < 1.29 is 13.7 Å². The van der Waals surface area contributed by atoms with Gasteiger partial charge in [0, 0.05) is 12.1 Å². The Morgan fingerprint density at radius 3 is 3.09 bits per heavy atom. The summed E-state index contributed by atoms with van der Waals surface area (Å²) in [6, 6.07) is 5.77. The third-order valence-electron chi connectivity index (χ3n) is 4.29. The molecule has 0 radical (unpaired) electrons. The molecule has 0 saturated carbocycles. The smallest absolute Gasteiger partial charge is 0.234 e. The molecule has 2 atom stereocenters. The zero-order valence-corrected chi connectivity index (χ0v) is 12.9. The van der Waals surface area contributed by atoms with Gasteiger partial charge in [-0.1, -0.05) is 17.3 Å². The van der Waals surface area contributed by atoms with E-state index in [-0.39, 0.29) is 23.7 Å². The van der Waals surface area contributed by atoms with Crippen molar-refractivity contribution in [1.82, 2.24) is 15.0 Å². The van der Waals surface area contributed by atoms with Crippen LogP contribution in [0.4, 0.5) is 4.39 Å². The van der Waals surface area contributed by atoms with Crippen LogP contribution in [0.5, 0.6) is 0 Å². The van der Waals surface area contributed by atoms with E-state index in [1.165, 1.54) is 12.1 Å². The number of benzene rings is 1. The van der Waals surface area contributed by atoms with E-state index in [9.17, 15) is 9.18 Å². The minimum absolute atomic E-state index is 0.0559. The monoisotopic (exact) mass is 318 g/mol. The van der Waals surface area contributed by atoms with Crippen molar-refractivity contribution in [1.29, 1.82) is 0 Å². The Morgan fingerprint density at radius 2 is 2.35 bits per heavy atom. The molecule has 1 amide bonds. The molecule has 1 aromatic carbocycles. The first-order valence-corrected chi connectivity index (χ1v) is 7.67. The molecule has 0 spiro atoms. The lowest BCUT2D eigenvalue weighted by Crippen LogP contribution is -2.47. The summed E-state index contributed by atoms with van der Waals surface area (Å²) in [5.41, 5.74) is 5.96. The highest BCUT2D eigenvalue weighted by atomic mass is 19.1. The molecule has 2 unspecified atom stereocenters. The Labute approximate surface area is 133 Å². The van der Waals surface area contributed by atoms with Crippen LogP contribution in [0, 0.1) is 5.82 Å². The van der Waals surface area contributed by atoms with Crippen LogP contribution in [0.2, 0.25) is 0 Å². The van der Waals surface area contributed by atoms with Crippen molar-refractivity contribution in [3.63, 3.8) is 0 Å². The standard InChI is InChI=1S/C16H19FN4O2/c1-10(14(18)22)21-7-3-5-12(9-21)16-19-15(20-23-16)11-4-2-6-13(17)8-11/h2,4,6,8,10,12H,3,5,7,9H2,1H3,(H2,18,22). The van der Waals surface area contributed by atoms with E-state index in [4.69, 9.17) is 10.3 Å². The lowest BCUT2D eigenvalue weighted by atomic mass is 9.96. The molecule has 7 heteroatoms. The first kappa shape index (κ1) is 15.6. The van der Waals surface area contributed by atoms with Crippen molar-refractivity contribution in [2.45, 2.75) is 31.7 Å². The summed E-state index contributed by atoms with van der Waals surface area (Å²) in [5, 5.41) is 3.94. The third kappa shape index (κ3) is 3.39. The lowest BCUT2D eigenvalue weighted by Gasteiger charge is -2.33. The molecule has 1 saturated heterocycles. The zero-order chi connectivity index (χ0) is 16.4. The van der Waals surface area contributed by atoms with Crippen molar-refractivity contribution in [2.24, 2.45) is 5.73 Å². The van der Waals surface area contributed by atoms with E-state index >= 15 is 0 Å². The molecule has 23 heavy (non-hydrogen) atoms. The topological polar surface area (TPSA) is 85.3 Å². The number of rotatable bonds is 4. The highest BCUT2D eigenvalue weighted by molar-refractivity contribution is 5.79. The Kier molecular flexibility index (Phi) is 4.38. The molecule has 1 aromatic heterocycles. The third-order valence-corrected chi connectivity index (χ3v) is 4.29. The minimum atomic E-state index is -0.340. The maximum atomic E-state index is 13.3. The number of carbonyl (C=O) groups is 1.